The molecular formula is C17H18N4O3. The number of hydrogen-bond acceptors (Lipinski definition) is 6. The smallest absolute Gasteiger partial charge is 0.339 e. The fourth-order valence-corrected chi connectivity index (χ4v) is 3.35. The number of rotatable bonds is 3. The topological polar surface area (TPSA) is 93.9 Å². The quantitative estimate of drug-likeness (QED) is 0.742. The van der Waals surface area contributed by atoms with E-state index >= 15 is 0 Å². The summed E-state index contributed by atoms with van der Waals surface area (Å²) in [6, 6.07) is 3.89. The maximum absolute atomic E-state index is 12.4. The minimum absolute atomic E-state index is 0.203. The van der Waals surface area contributed by atoms with Gasteiger partial charge >= 0.3 is 5.63 Å². The van der Waals surface area contributed by atoms with Crippen molar-refractivity contribution in [2.45, 2.75) is 39.7 Å². The first-order chi connectivity index (χ1) is 11.6. The summed E-state index contributed by atoms with van der Waals surface area (Å²) in [4.78, 5) is 12.4. The average Bonchev–Trinajstić information content (AvgIpc) is 3.08. The Bertz CT molecular complexity index is 947. The van der Waals surface area contributed by atoms with Gasteiger partial charge in [-0.1, -0.05) is 12.1 Å². The number of benzene rings is 1. The molecule has 0 aliphatic heterocycles. The van der Waals surface area contributed by atoms with Gasteiger partial charge in [0.05, 0.1) is 0 Å². The van der Waals surface area contributed by atoms with E-state index in [-0.39, 0.29) is 12.2 Å². The van der Waals surface area contributed by atoms with Gasteiger partial charge in [0.15, 0.2) is 6.61 Å². The molecule has 0 amide bonds. The van der Waals surface area contributed by atoms with Crippen molar-refractivity contribution >= 4 is 11.0 Å². The number of ether oxygens (including phenoxy) is 1. The summed E-state index contributed by atoms with van der Waals surface area (Å²) in [6.45, 7) is 4.32. The van der Waals surface area contributed by atoms with Crippen LogP contribution in [0.4, 0.5) is 0 Å². The molecule has 7 heteroatoms. The van der Waals surface area contributed by atoms with Crippen LogP contribution in [-0.2, 0) is 19.4 Å². The lowest BCUT2D eigenvalue weighted by molar-refractivity contribution is 0.294. The number of H-pyrrole nitrogens is 1. The first-order valence-electron chi connectivity index (χ1n) is 8.06. The molecule has 7 nitrogen and oxygen atoms in total. The van der Waals surface area contributed by atoms with Crippen LogP contribution in [0.15, 0.2) is 21.3 Å². The third-order valence-electron chi connectivity index (χ3n) is 4.67. The van der Waals surface area contributed by atoms with Crippen molar-refractivity contribution in [3.05, 3.63) is 45.1 Å². The molecule has 1 atom stereocenters. The predicted octanol–water partition coefficient (Wildman–Crippen LogP) is 2.32. The van der Waals surface area contributed by atoms with E-state index in [9.17, 15) is 4.79 Å². The number of nitrogens with one attached hydrogen (secondary N) is 1. The van der Waals surface area contributed by atoms with E-state index in [1.54, 1.807) is 0 Å². The third-order valence-corrected chi connectivity index (χ3v) is 4.67. The summed E-state index contributed by atoms with van der Waals surface area (Å²) in [5.74, 6) is 1.70. The Morgan fingerprint density at radius 3 is 3.04 bits per heavy atom. The molecule has 0 radical (unpaired) electrons. The molecule has 1 N–H and O–H groups in total. The zero-order valence-corrected chi connectivity index (χ0v) is 13.6. The van der Waals surface area contributed by atoms with Gasteiger partial charge in [0.1, 0.15) is 11.3 Å². The summed E-state index contributed by atoms with van der Waals surface area (Å²) in [5.41, 5.74) is 3.17. The molecule has 1 aliphatic carbocycles. The minimum atomic E-state index is -0.220. The molecule has 0 bridgehead atoms. The molecular weight excluding hydrogens is 308 g/mol. The van der Waals surface area contributed by atoms with E-state index in [0.717, 1.165) is 41.3 Å². The Hall–Kier alpha value is -2.70. The van der Waals surface area contributed by atoms with Gasteiger partial charge in [-0.15, -0.1) is 10.2 Å². The second-order valence-corrected chi connectivity index (χ2v) is 6.38. The van der Waals surface area contributed by atoms with Gasteiger partial charge < -0.3 is 9.15 Å². The monoisotopic (exact) mass is 326 g/mol. The lowest BCUT2D eigenvalue weighted by Gasteiger charge is -2.22. The number of tetrazole rings is 1. The average molecular weight is 326 g/mol. The van der Waals surface area contributed by atoms with Crippen molar-refractivity contribution in [3.63, 3.8) is 0 Å². The van der Waals surface area contributed by atoms with Crippen LogP contribution in [0.1, 0.15) is 35.9 Å². The van der Waals surface area contributed by atoms with Crippen molar-refractivity contribution in [2.75, 3.05) is 0 Å². The van der Waals surface area contributed by atoms with Crippen molar-refractivity contribution in [2.24, 2.45) is 5.92 Å². The summed E-state index contributed by atoms with van der Waals surface area (Å²) in [5, 5.41) is 14.6. The van der Waals surface area contributed by atoms with E-state index in [4.69, 9.17) is 9.15 Å². The molecule has 1 aliphatic rings. The van der Waals surface area contributed by atoms with Crippen molar-refractivity contribution in [1.29, 1.82) is 0 Å². The van der Waals surface area contributed by atoms with Gasteiger partial charge in [0.2, 0.25) is 5.82 Å². The van der Waals surface area contributed by atoms with Crippen molar-refractivity contribution in [1.82, 2.24) is 20.6 Å². The Kier molecular flexibility index (Phi) is 3.55. The van der Waals surface area contributed by atoms with Crippen LogP contribution in [-0.4, -0.2) is 20.6 Å². The van der Waals surface area contributed by atoms with Gasteiger partial charge in [0.25, 0.3) is 0 Å². The van der Waals surface area contributed by atoms with E-state index < -0.39 is 0 Å². The highest BCUT2D eigenvalue weighted by atomic mass is 16.5. The van der Waals surface area contributed by atoms with E-state index in [2.05, 4.69) is 27.5 Å². The predicted molar refractivity (Wildman–Crippen MR) is 86.9 cm³/mol. The molecule has 0 spiro atoms. The second-order valence-electron chi connectivity index (χ2n) is 6.38. The zero-order valence-electron chi connectivity index (χ0n) is 13.6. The maximum atomic E-state index is 12.4. The van der Waals surface area contributed by atoms with Gasteiger partial charge in [-0.05, 0) is 49.8 Å². The first kappa shape index (κ1) is 14.9. The number of aromatic amines is 1. The summed E-state index contributed by atoms with van der Waals surface area (Å²) < 4.78 is 11.4. The molecule has 3 aromatic rings. The van der Waals surface area contributed by atoms with Gasteiger partial charge in [-0.2, -0.15) is 5.21 Å². The van der Waals surface area contributed by atoms with Gasteiger partial charge in [0, 0.05) is 16.5 Å². The highest BCUT2D eigenvalue weighted by Gasteiger charge is 2.23. The molecule has 0 fully saturated rings. The van der Waals surface area contributed by atoms with Crippen LogP contribution in [0.5, 0.6) is 5.75 Å². The standard InChI is InChI=1S/C17H18N4O3/c1-9-3-4-12-13(7-9)11-5-6-14(10(2)16(11)24-17(12)22)23-8-15-18-20-21-19-15/h5-6,9H,3-4,7-8H2,1-2H3,(H,18,19,20,21)/t9-/m1/s1. The lowest BCUT2D eigenvalue weighted by atomic mass is 9.84. The molecule has 1 aromatic carbocycles. The number of hydrogen-bond donors (Lipinski definition) is 1. The number of aromatic nitrogens is 4. The third kappa shape index (κ3) is 2.46. The van der Waals surface area contributed by atoms with Gasteiger partial charge in [-0.25, -0.2) is 4.79 Å². The molecule has 0 saturated carbocycles. The Labute approximate surface area is 138 Å². The lowest BCUT2D eigenvalue weighted by Crippen LogP contribution is -2.20. The molecule has 0 unspecified atom stereocenters. The normalized spacial score (nSPS) is 17.0. The van der Waals surface area contributed by atoms with E-state index in [1.807, 2.05) is 19.1 Å². The Morgan fingerprint density at radius 2 is 2.25 bits per heavy atom. The van der Waals surface area contributed by atoms with Crippen LogP contribution >= 0.6 is 0 Å². The second kappa shape index (κ2) is 5.74. The van der Waals surface area contributed by atoms with Crippen molar-refractivity contribution in [3.8, 4) is 5.75 Å². The van der Waals surface area contributed by atoms with Crippen molar-refractivity contribution < 1.29 is 9.15 Å². The van der Waals surface area contributed by atoms with Crippen LogP contribution in [0.3, 0.4) is 0 Å². The van der Waals surface area contributed by atoms with E-state index in [1.165, 1.54) is 0 Å². The SMILES string of the molecule is Cc1c(OCc2nn[nH]n2)ccc2c3c(c(=O)oc12)CC[C@@H](C)C3. The van der Waals surface area contributed by atoms with Gasteiger partial charge in [-0.3, -0.25) is 0 Å². The summed E-state index contributed by atoms with van der Waals surface area (Å²) in [6.07, 6.45) is 2.75. The highest BCUT2D eigenvalue weighted by molar-refractivity contribution is 5.86. The molecule has 2 heterocycles. The Morgan fingerprint density at radius 1 is 1.38 bits per heavy atom. The largest absolute Gasteiger partial charge is 0.485 e. The highest BCUT2D eigenvalue weighted by Crippen LogP contribution is 2.34. The fourth-order valence-electron chi connectivity index (χ4n) is 3.35. The minimum Gasteiger partial charge on any atom is -0.485 e. The van der Waals surface area contributed by atoms with Crippen LogP contribution in [0.2, 0.25) is 0 Å². The number of fused-ring (bicyclic) bond motifs is 3. The summed E-state index contributed by atoms with van der Waals surface area (Å²) >= 11 is 0. The molecule has 124 valence electrons. The number of nitrogens with zero attached hydrogens (tertiary/aromatic N) is 3. The van der Waals surface area contributed by atoms with Crippen LogP contribution in [0, 0.1) is 12.8 Å². The first-order valence-corrected chi connectivity index (χ1v) is 8.06. The molecule has 0 saturated heterocycles. The fraction of sp³-hybridized carbons (Fsp3) is 0.412. The Balaban J connectivity index is 1.77. The zero-order chi connectivity index (χ0) is 16.7. The maximum Gasteiger partial charge on any atom is 0.339 e. The molecule has 2 aromatic heterocycles. The van der Waals surface area contributed by atoms with Crippen LogP contribution in [0.25, 0.3) is 11.0 Å². The molecule has 4 rings (SSSR count). The molecule has 24 heavy (non-hydrogen) atoms. The summed E-state index contributed by atoms with van der Waals surface area (Å²) in [7, 11) is 0. The van der Waals surface area contributed by atoms with E-state index in [0.29, 0.717) is 23.1 Å². The number of aryl methyl sites for hydroxylation is 1. The van der Waals surface area contributed by atoms with Crippen LogP contribution < -0.4 is 10.4 Å².